The van der Waals surface area contributed by atoms with Gasteiger partial charge in [0.1, 0.15) is 5.82 Å². The predicted molar refractivity (Wildman–Crippen MR) is 66.7 cm³/mol. The zero-order valence-corrected chi connectivity index (χ0v) is 11.1. The Bertz CT molecular complexity index is 603. The number of nitrogens with one attached hydrogen (secondary N) is 1. The van der Waals surface area contributed by atoms with Gasteiger partial charge >= 0.3 is 6.18 Å². The number of nitrogen functional groups attached to an aromatic ring is 1. The Balaban J connectivity index is 2.05. The zero-order chi connectivity index (χ0) is 15.0. The van der Waals surface area contributed by atoms with Gasteiger partial charge in [0.05, 0.1) is 11.5 Å². The molecule has 1 aliphatic rings. The van der Waals surface area contributed by atoms with Crippen molar-refractivity contribution < 1.29 is 21.6 Å². The van der Waals surface area contributed by atoms with Crippen molar-refractivity contribution in [3.63, 3.8) is 0 Å². The van der Waals surface area contributed by atoms with Crippen molar-refractivity contribution >= 4 is 21.6 Å². The van der Waals surface area contributed by atoms with Crippen molar-refractivity contribution in [1.82, 2.24) is 9.97 Å². The van der Waals surface area contributed by atoms with Gasteiger partial charge in [-0.3, -0.25) is 0 Å². The third kappa shape index (κ3) is 3.71. The largest absolute Gasteiger partial charge is 0.433 e. The predicted octanol–water partition coefficient (Wildman–Crippen LogP) is 0.924. The molecule has 2 heterocycles. The average Bonchev–Trinajstić information content (AvgIpc) is 2.64. The molecule has 0 bridgehead atoms. The molecule has 1 aromatic heterocycles. The summed E-state index contributed by atoms with van der Waals surface area (Å²) in [6, 6.07) is 0.750. The third-order valence-corrected chi connectivity index (χ3v) is 4.77. The number of anilines is 2. The van der Waals surface area contributed by atoms with Crippen LogP contribution in [0.5, 0.6) is 0 Å². The van der Waals surface area contributed by atoms with Crippen LogP contribution in [0.15, 0.2) is 6.07 Å². The summed E-state index contributed by atoms with van der Waals surface area (Å²) in [5.41, 5.74) is 4.09. The molecule has 0 aromatic carbocycles. The maximum atomic E-state index is 12.5. The molecular weight excluding hydrogens is 297 g/mol. The van der Waals surface area contributed by atoms with Crippen LogP contribution in [0.3, 0.4) is 0 Å². The van der Waals surface area contributed by atoms with Crippen LogP contribution in [-0.2, 0) is 16.0 Å². The fourth-order valence-corrected chi connectivity index (χ4v) is 3.85. The fourth-order valence-electron chi connectivity index (χ4n) is 1.98. The number of nitrogens with zero attached hydrogens (tertiary/aromatic N) is 2. The van der Waals surface area contributed by atoms with Crippen molar-refractivity contribution in [2.45, 2.75) is 12.6 Å². The van der Waals surface area contributed by atoms with E-state index in [4.69, 9.17) is 5.73 Å². The third-order valence-electron chi connectivity index (χ3n) is 2.93. The molecule has 1 saturated heterocycles. The maximum Gasteiger partial charge on any atom is 0.433 e. The van der Waals surface area contributed by atoms with Crippen molar-refractivity contribution in [2.75, 3.05) is 29.1 Å². The minimum atomic E-state index is -4.61. The lowest BCUT2D eigenvalue weighted by Crippen LogP contribution is -2.18. The second-order valence-electron chi connectivity index (χ2n) is 4.64. The summed E-state index contributed by atoms with van der Waals surface area (Å²) >= 11 is 0. The molecule has 3 N–H and O–H groups in total. The molecule has 0 saturated carbocycles. The molecule has 112 valence electrons. The number of alkyl halides is 3. The Labute approximate surface area is 113 Å². The van der Waals surface area contributed by atoms with Crippen LogP contribution in [-0.4, -0.2) is 36.4 Å². The van der Waals surface area contributed by atoms with E-state index in [0.29, 0.717) is 6.42 Å². The lowest BCUT2D eigenvalue weighted by molar-refractivity contribution is -0.141. The Hall–Kier alpha value is -1.58. The summed E-state index contributed by atoms with van der Waals surface area (Å²) in [7, 11) is -3.02. The molecular formula is C10H13F3N4O2S. The molecule has 6 nitrogen and oxygen atoms in total. The summed E-state index contributed by atoms with van der Waals surface area (Å²) in [6.07, 6.45) is -4.12. The quantitative estimate of drug-likeness (QED) is 0.861. The molecule has 1 unspecified atom stereocenters. The van der Waals surface area contributed by atoms with Gasteiger partial charge in [-0.05, 0) is 12.3 Å². The summed E-state index contributed by atoms with van der Waals surface area (Å²) in [6.45, 7) is 0.229. The average molecular weight is 310 g/mol. The lowest BCUT2D eigenvalue weighted by atomic mass is 10.1. The lowest BCUT2D eigenvalue weighted by Gasteiger charge is -2.12. The molecule has 2 rings (SSSR count). The van der Waals surface area contributed by atoms with E-state index in [9.17, 15) is 21.6 Å². The highest BCUT2D eigenvalue weighted by molar-refractivity contribution is 7.91. The first kappa shape index (κ1) is 14.8. The van der Waals surface area contributed by atoms with E-state index in [2.05, 4.69) is 15.3 Å². The van der Waals surface area contributed by atoms with E-state index >= 15 is 0 Å². The first-order valence-electron chi connectivity index (χ1n) is 5.82. The first-order chi connectivity index (χ1) is 9.16. The Morgan fingerprint density at radius 3 is 2.65 bits per heavy atom. The van der Waals surface area contributed by atoms with Gasteiger partial charge < -0.3 is 11.1 Å². The van der Waals surface area contributed by atoms with Gasteiger partial charge in [-0.25, -0.2) is 13.4 Å². The van der Waals surface area contributed by atoms with Crippen LogP contribution >= 0.6 is 0 Å². The summed E-state index contributed by atoms with van der Waals surface area (Å²) in [5, 5.41) is 2.68. The Morgan fingerprint density at radius 1 is 1.40 bits per heavy atom. The number of hydrogen-bond donors (Lipinski definition) is 2. The fraction of sp³-hybridized carbons (Fsp3) is 0.600. The summed E-state index contributed by atoms with van der Waals surface area (Å²) < 4.78 is 60.2. The highest BCUT2D eigenvalue weighted by Crippen LogP contribution is 2.29. The van der Waals surface area contributed by atoms with Crippen LogP contribution in [0.25, 0.3) is 0 Å². The molecule has 20 heavy (non-hydrogen) atoms. The van der Waals surface area contributed by atoms with E-state index < -0.39 is 27.7 Å². The standard InChI is InChI=1S/C10H13F3N4O2S/c11-10(12,13)7-3-8(17-9(14)16-7)15-4-6-1-2-20(18,19)5-6/h3,6H,1-2,4-5H2,(H3,14,15,16,17). The van der Waals surface area contributed by atoms with Crippen molar-refractivity contribution in [2.24, 2.45) is 5.92 Å². The minimum Gasteiger partial charge on any atom is -0.370 e. The molecule has 1 aliphatic heterocycles. The Morgan fingerprint density at radius 2 is 2.10 bits per heavy atom. The molecule has 0 amide bonds. The second-order valence-corrected chi connectivity index (χ2v) is 6.87. The minimum absolute atomic E-state index is 0.0344. The van der Waals surface area contributed by atoms with Gasteiger partial charge in [0.2, 0.25) is 5.95 Å². The van der Waals surface area contributed by atoms with Gasteiger partial charge in [0.25, 0.3) is 0 Å². The summed E-state index contributed by atoms with van der Waals surface area (Å²) in [4.78, 5) is 6.76. The first-order valence-corrected chi connectivity index (χ1v) is 7.64. The molecule has 1 atom stereocenters. The second kappa shape index (κ2) is 5.08. The smallest absolute Gasteiger partial charge is 0.370 e. The highest BCUT2D eigenvalue weighted by Gasteiger charge is 2.34. The van der Waals surface area contributed by atoms with Crippen LogP contribution in [0.2, 0.25) is 0 Å². The van der Waals surface area contributed by atoms with Crippen molar-refractivity contribution in [3.05, 3.63) is 11.8 Å². The van der Waals surface area contributed by atoms with Gasteiger partial charge in [-0.15, -0.1) is 0 Å². The van der Waals surface area contributed by atoms with Crippen LogP contribution < -0.4 is 11.1 Å². The molecule has 1 aromatic rings. The number of aromatic nitrogens is 2. The number of sulfone groups is 1. The number of rotatable bonds is 3. The Kier molecular flexibility index (Phi) is 3.76. The molecule has 1 fully saturated rings. The zero-order valence-electron chi connectivity index (χ0n) is 10.3. The molecule has 0 aliphatic carbocycles. The number of halogens is 3. The van der Waals surface area contributed by atoms with Crippen molar-refractivity contribution in [1.29, 1.82) is 0 Å². The van der Waals surface area contributed by atoms with Gasteiger partial charge in [-0.2, -0.15) is 18.2 Å². The number of nitrogens with two attached hydrogens (primary N) is 1. The van der Waals surface area contributed by atoms with Gasteiger partial charge in [-0.1, -0.05) is 0 Å². The summed E-state index contributed by atoms with van der Waals surface area (Å²) in [5.74, 6) is -0.535. The van der Waals surface area contributed by atoms with E-state index in [1.807, 2.05) is 0 Å². The SMILES string of the molecule is Nc1nc(NCC2CCS(=O)(=O)C2)cc(C(F)(F)F)n1. The van der Waals surface area contributed by atoms with Crippen LogP contribution in [0, 0.1) is 5.92 Å². The highest BCUT2D eigenvalue weighted by atomic mass is 32.2. The normalized spacial score (nSPS) is 21.9. The molecule has 10 heteroatoms. The number of hydrogen-bond acceptors (Lipinski definition) is 6. The van der Waals surface area contributed by atoms with E-state index in [0.717, 1.165) is 6.07 Å². The maximum absolute atomic E-state index is 12.5. The van der Waals surface area contributed by atoms with E-state index in [1.54, 1.807) is 0 Å². The topological polar surface area (TPSA) is 98.0 Å². The molecule has 0 radical (unpaired) electrons. The molecule has 0 spiro atoms. The van der Waals surface area contributed by atoms with E-state index in [-0.39, 0.29) is 29.8 Å². The monoisotopic (exact) mass is 310 g/mol. The van der Waals surface area contributed by atoms with Crippen molar-refractivity contribution in [3.8, 4) is 0 Å². The van der Waals surface area contributed by atoms with Gasteiger partial charge in [0, 0.05) is 12.6 Å². The van der Waals surface area contributed by atoms with E-state index in [1.165, 1.54) is 0 Å². The van der Waals surface area contributed by atoms with Crippen LogP contribution in [0.1, 0.15) is 12.1 Å². The van der Waals surface area contributed by atoms with Gasteiger partial charge in [0.15, 0.2) is 15.5 Å². The van der Waals surface area contributed by atoms with Crippen LogP contribution in [0.4, 0.5) is 24.9 Å².